The van der Waals surface area contributed by atoms with Crippen LogP contribution in [0.25, 0.3) is 0 Å². The third kappa shape index (κ3) is 3.33. The molecule has 0 atom stereocenters. The van der Waals surface area contributed by atoms with E-state index in [1.807, 2.05) is 0 Å². The van der Waals surface area contributed by atoms with Crippen molar-refractivity contribution in [2.45, 2.75) is 57.5 Å². The molecule has 0 aliphatic heterocycles. The maximum Gasteiger partial charge on any atom is 0.313 e. The summed E-state index contributed by atoms with van der Waals surface area (Å²) in [7, 11) is 0. The SMILES string of the molecule is O=C(CC(=O)C1CC1)OC1CCCCC1. The summed E-state index contributed by atoms with van der Waals surface area (Å²) in [5.74, 6) is -0.0569. The summed E-state index contributed by atoms with van der Waals surface area (Å²) in [6.07, 6.45) is 7.51. The number of ketones is 1. The molecule has 0 aromatic heterocycles. The molecule has 2 aliphatic rings. The van der Waals surface area contributed by atoms with Gasteiger partial charge in [0, 0.05) is 5.92 Å². The molecule has 0 aromatic rings. The van der Waals surface area contributed by atoms with Gasteiger partial charge in [-0.3, -0.25) is 9.59 Å². The van der Waals surface area contributed by atoms with Gasteiger partial charge in [-0.15, -0.1) is 0 Å². The van der Waals surface area contributed by atoms with Crippen molar-refractivity contribution in [1.82, 2.24) is 0 Å². The molecule has 3 nitrogen and oxygen atoms in total. The first-order chi connectivity index (χ1) is 7.25. The largest absolute Gasteiger partial charge is 0.462 e. The van der Waals surface area contributed by atoms with Crippen LogP contribution >= 0.6 is 0 Å². The molecule has 84 valence electrons. The van der Waals surface area contributed by atoms with E-state index in [1.54, 1.807) is 0 Å². The lowest BCUT2D eigenvalue weighted by atomic mass is 9.98. The Labute approximate surface area is 90.2 Å². The summed E-state index contributed by atoms with van der Waals surface area (Å²) in [5, 5.41) is 0. The monoisotopic (exact) mass is 210 g/mol. The van der Waals surface area contributed by atoms with E-state index >= 15 is 0 Å². The van der Waals surface area contributed by atoms with Gasteiger partial charge in [-0.2, -0.15) is 0 Å². The molecule has 0 aromatic carbocycles. The number of Topliss-reactive ketones (excluding diaryl/α,β-unsaturated/α-hetero) is 1. The third-order valence-electron chi connectivity index (χ3n) is 3.20. The number of hydrogen-bond donors (Lipinski definition) is 0. The van der Waals surface area contributed by atoms with E-state index in [1.165, 1.54) is 6.42 Å². The minimum atomic E-state index is -0.307. The molecule has 0 bridgehead atoms. The van der Waals surface area contributed by atoms with Gasteiger partial charge in [0.05, 0.1) is 0 Å². The van der Waals surface area contributed by atoms with E-state index in [9.17, 15) is 9.59 Å². The highest BCUT2D eigenvalue weighted by molar-refractivity contribution is 5.97. The average Bonchev–Trinajstić information content (AvgIpc) is 3.01. The van der Waals surface area contributed by atoms with E-state index in [0.717, 1.165) is 38.5 Å². The average molecular weight is 210 g/mol. The van der Waals surface area contributed by atoms with Crippen molar-refractivity contribution in [2.24, 2.45) is 5.92 Å². The molecular formula is C12H18O3. The molecule has 2 rings (SSSR count). The number of hydrogen-bond acceptors (Lipinski definition) is 3. The molecule has 0 heterocycles. The zero-order valence-electron chi connectivity index (χ0n) is 9.04. The molecular weight excluding hydrogens is 192 g/mol. The van der Waals surface area contributed by atoms with Gasteiger partial charge in [0.25, 0.3) is 0 Å². The Morgan fingerprint density at radius 2 is 1.67 bits per heavy atom. The predicted molar refractivity (Wildman–Crippen MR) is 55.3 cm³/mol. The van der Waals surface area contributed by atoms with E-state index in [0.29, 0.717) is 0 Å². The summed E-state index contributed by atoms with van der Waals surface area (Å²) in [4.78, 5) is 22.8. The Hall–Kier alpha value is -0.860. The lowest BCUT2D eigenvalue weighted by Crippen LogP contribution is -2.22. The van der Waals surface area contributed by atoms with Gasteiger partial charge in [-0.05, 0) is 38.5 Å². The van der Waals surface area contributed by atoms with Gasteiger partial charge in [0.15, 0.2) is 0 Å². The highest BCUT2D eigenvalue weighted by atomic mass is 16.5. The molecule has 2 fully saturated rings. The summed E-state index contributed by atoms with van der Waals surface area (Å²) in [6.45, 7) is 0. The molecule has 0 saturated heterocycles. The highest BCUT2D eigenvalue weighted by Crippen LogP contribution is 2.31. The zero-order chi connectivity index (χ0) is 10.7. The van der Waals surface area contributed by atoms with Gasteiger partial charge in [-0.25, -0.2) is 0 Å². The number of carbonyl (C=O) groups excluding carboxylic acids is 2. The minimum Gasteiger partial charge on any atom is -0.462 e. The topological polar surface area (TPSA) is 43.4 Å². The fourth-order valence-electron chi connectivity index (χ4n) is 2.10. The van der Waals surface area contributed by atoms with Crippen LogP contribution in [0.4, 0.5) is 0 Å². The van der Waals surface area contributed by atoms with E-state index < -0.39 is 0 Å². The van der Waals surface area contributed by atoms with Crippen molar-refractivity contribution < 1.29 is 14.3 Å². The van der Waals surface area contributed by atoms with E-state index in [2.05, 4.69) is 0 Å². The number of rotatable bonds is 4. The van der Waals surface area contributed by atoms with E-state index in [-0.39, 0.29) is 30.2 Å². The van der Waals surface area contributed by atoms with Crippen LogP contribution in [0.15, 0.2) is 0 Å². The second-order valence-electron chi connectivity index (χ2n) is 4.67. The number of ether oxygens (including phenoxy) is 1. The van der Waals surface area contributed by atoms with Crippen LogP contribution in [-0.2, 0) is 14.3 Å². The van der Waals surface area contributed by atoms with Gasteiger partial charge < -0.3 is 4.74 Å². The van der Waals surface area contributed by atoms with Crippen molar-refractivity contribution in [1.29, 1.82) is 0 Å². The van der Waals surface area contributed by atoms with Crippen molar-refractivity contribution in [3.05, 3.63) is 0 Å². The molecule has 0 N–H and O–H groups in total. The van der Waals surface area contributed by atoms with Gasteiger partial charge >= 0.3 is 5.97 Å². The van der Waals surface area contributed by atoms with Crippen LogP contribution in [0.1, 0.15) is 51.4 Å². The summed E-state index contributed by atoms with van der Waals surface area (Å²) < 4.78 is 5.28. The van der Waals surface area contributed by atoms with Crippen LogP contribution in [0.5, 0.6) is 0 Å². The lowest BCUT2D eigenvalue weighted by molar-refractivity contribution is -0.152. The first kappa shape index (κ1) is 10.7. The second kappa shape index (κ2) is 4.77. The fraction of sp³-hybridized carbons (Fsp3) is 0.833. The Morgan fingerprint density at radius 3 is 2.27 bits per heavy atom. The van der Waals surface area contributed by atoms with Crippen molar-refractivity contribution in [2.75, 3.05) is 0 Å². The molecule has 0 radical (unpaired) electrons. The van der Waals surface area contributed by atoms with Crippen LogP contribution in [0.2, 0.25) is 0 Å². The highest BCUT2D eigenvalue weighted by Gasteiger charge is 2.31. The second-order valence-corrected chi connectivity index (χ2v) is 4.67. The third-order valence-corrected chi connectivity index (χ3v) is 3.20. The predicted octanol–water partition coefficient (Wildman–Crippen LogP) is 2.23. The first-order valence-corrected chi connectivity index (χ1v) is 5.98. The number of carbonyl (C=O) groups is 2. The molecule has 2 aliphatic carbocycles. The van der Waals surface area contributed by atoms with Crippen LogP contribution < -0.4 is 0 Å². The fourth-order valence-corrected chi connectivity index (χ4v) is 2.10. The van der Waals surface area contributed by atoms with Crippen molar-refractivity contribution >= 4 is 11.8 Å². The summed E-state index contributed by atoms with van der Waals surface area (Å²) in [6, 6.07) is 0. The van der Waals surface area contributed by atoms with Crippen molar-refractivity contribution in [3.8, 4) is 0 Å². The summed E-state index contributed by atoms with van der Waals surface area (Å²) in [5.41, 5.74) is 0. The van der Waals surface area contributed by atoms with Gasteiger partial charge in [0.2, 0.25) is 0 Å². The smallest absolute Gasteiger partial charge is 0.313 e. The van der Waals surface area contributed by atoms with Crippen LogP contribution in [0.3, 0.4) is 0 Å². The minimum absolute atomic E-state index is 0.00116. The Morgan fingerprint density at radius 1 is 1.00 bits per heavy atom. The normalized spacial score (nSPS) is 22.4. The maximum absolute atomic E-state index is 11.4. The Kier molecular flexibility index (Phi) is 3.39. The Balaban J connectivity index is 1.68. The quantitative estimate of drug-likeness (QED) is 0.528. The summed E-state index contributed by atoms with van der Waals surface area (Å²) >= 11 is 0. The maximum atomic E-state index is 11.4. The standard InChI is InChI=1S/C12H18O3/c13-11(9-6-7-9)8-12(14)15-10-4-2-1-3-5-10/h9-10H,1-8H2. The molecule has 2 saturated carbocycles. The van der Waals surface area contributed by atoms with Crippen LogP contribution in [-0.4, -0.2) is 17.9 Å². The first-order valence-electron chi connectivity index (χ1n) is 5.98. The van der Waals surface area contributed by atoms with Crippen molar-refractivity contribution in [3.63, 3.8) is 0 Å². The van der Waals surface area contributed by atoms with E-state index in [4.69, 9.17) is 4.74 Å². The van der Waals surface area contributed by atoms with Crippen LogP contribution in [0, 0.1) is 5.92 Å². The molecule has 0 amide bonds. The molecule has 3 heteroatoms. The zero-order valence-corrected chi connectivity index (χ0v) is 9.04. The number of esters is 1. The molecule has 15 heavy (non-hydrogen) atoms. The Bertz CT molecular complexity index is 250. The van der Waals surface area contributed by atoms with Gasteiger partial charge in [0.1, 0.15) is 18.3 Å². The van der Waals surface area contributed by atoms with Gasteiger partial charge in [-0.1, -0.05) is 6.42 Å². The molecule has 0 unspecified atom stereocenters. The molecule has 0 spiro atoms. The lowest BCUT2D eigenvalue weighted by Gasteiger charge is -2.21.